The molecule has 0 spiro atoms. The zero-order valence-electron chi connectivity index (χ0n) is 13.6. The first-order valence-electron chi connectivity index (χ1n) is 7.58. The first kappa shape index (κ1) is 17.0. The number of carboxylic acid groups (broad SMARTS) is 1. The molecular weight excluding hydrogens is 292 g/mol. The van der Waals surface area contributed by atoms with Gasteiger partial charge in [0, 0.05) is 12.0 Å². The Balaban J connectivity index is 1.97. The Hall–Kier alpha value is -2.40. The highest BCUT2D eigenvalue weighted by atomic mass is 16.7. The molecule has 122 valence electrons. The van der Waals surface area contributed by atoms with E-state index in [1.807, 2.05) is 44.2 Å². The van der Waals surface area contributed by atoms with Crippen molar-refractivity contribution in [3.05, 3.63) is 59.2 Å². The van der Waals surface area contributed by atoms with Crippen molar-refractivity contribution in [2.24, 2.45) is 10.9 Å². The lowest BCUT2D eigenvalue weighted by atomic mass is 10.1. The molecule has 23 heavy (non-hydrogen) atoms. The molecule has 1 aliphatic heterocycles. The molecule has 0 saturated carbocycles. The van der Waals surface area contributed by atoms with Crippen molar-refractivity contribution < 1.29 is 14.7 Å². The number of rotatable bonds is 6. The van der Waals surface area contributed by atoms with Gasteiger partial charge in [-0.05, 0) is 26.3 Å². The number of aryl methyl sites for hydroxylation is 1. The van der Waals surface area contributed by atoms with E-state index in [2.05, 4.69) is 10.5 Å². The van der Waals surface area contributed by atoms with E-state index in [1.165, 1.54) is 0 Å². The smallest absolute Gasteiger partial charge is 0.310 e. The van der Waals surface area contributed by atoms with Crippen molar-refractivity contribution in [3.8, 4) is 0 Å². The van der Waals surface area contributed by atoms with E-state index in [4.69, 9.17) is 9.94 Å². The largest absolute Gasteiger partial charge is 0.481 e. The summed E-state index contributed by atoms with van der Waals surface area (Å²) in [6, 6.07) is 8.00. The number of hydrogen-bond donors (Lipinski definition) is 2. The maximum absolute atomic E-state index is 10.7. The molecule has 2 unspecified atom stereocenters. The monoisotopic (exact) mass is 314 g/mol. The molecule has 0 bridgehead atoms. The number of nitrogens with one attached hydrogen (secondary N) is 1. The molecule has 1 heterocycles. The summed E-state index contributed by atoms with van der Waals surface area (Å²) in [4.78, 5) is 20.8. The molecule has 0 aromatic heterocycles. The van der Waals surface area contributed by atoms with Crippen LogP contribution in [-0.2, 0) is 9.63 Å². The number of aliphatic carboxylic acids is 1. The Kier molecular flexibility index (Phi) is 5.71. The van der Waals surface area contributed by atoms with E-state index in [-0.39, 0.29) is 6.23 Å². The van der Waals surface area contributed by atoms with E-state index in [0.29, 0.717) is 6.42 Å². The fourth-order valence-corrected chi connectivity index (χ4v) is 2.19. The number of aliphatic imine (C=N–C) groups is 1. The molecule has 0 fully saturated rings. The fraction of sp³-hybridized carbons (Fsp3) is 0.333. The van der Waals surface area contributed by atoms with E-state index in [0.717, 1.165) is 22.5 Å². The lowest BCUT2D eigenvalue weighted by Crippen LogP contribution is -2.17. The third-order valence-corrected chi connectivity index (χ3v) is 3.63. The van der Waals surface area contributed by atoms with Crippen LogP contribution < -0.4 is 5.48 Å². The topological polar surface area (TPSA) is 70.9 Å². The molecule has 1 aromatic carbocycles. The minimum absolute atomic E-state index is 0.318. The Labute approximate surface area is 136 Å². The number of hydrogen-bond acceptors (Lipinski definition) is 4. The Bertz CT molecular complexity index is 662. The molecule has 2 atom stereocenters. The number of allylic oxidation sites excluding steroid dienone is 2. The van der Waals surface area contributed by atoms with Gasteiger partial charge in [-0.15, -0.1) is 0 Å². The van der Waals surface area contributed by atoms with Crippen LogP contribution in [0.1, 0.15) is 37.6 Å². The van der Waals surface area contributed by atoms with Crippen molar-refractivity contribution in [1.82, 2.24) is 5.48 Å². The molecule has 0 aliphatic carbocycles. The SMILES string of the molecule is C/C(=C\C=C/C(C)C(=O)O)CC1=NC(c2ccccc2C)ON1. The predicted octanol–water partition coefficient (Wildman–Crippen LogP) is 3.54. The van der Waals surface area contributed by atoms with Crippen molar-refractivity contribution in [3.63, 3.8) is 0 Å². The average molecular weight is 314 g/mol. The summed E-state index contributed by atoms with van der Waals surface area (Å²) in [6.07, 6.45) is 5.63. The normalized spacial score (nSPS) is 19.5. The molecule has 0 radical (unpaired) electrons. The van der Waals surface area contributed by atoms with Crippen LogP contribution in [0, 0.1) is 12.8 Å². The molecule has 0 saturated heterocycles. The summed E-state index contributed by atoms with van der Waals surface area (Å²) in [5.41, 5.74) is 6.13. The van der Waals surface area contributed by atoms with Crippen LogP contribution in [0.5, 0.6) is 0 Å². The second-order valence-corrected chi connectivity index (χ2v) is 5.71. The number of carboxylic acids is 1. The van der Waals surface area contributed by atoms with Gasteiger partial charge in [0.15, 0.2) is 0 Å². The minimum atomic E-state index is -0.830. The zero-order chi connectivity index (χ0) is 16.8. The quantitative estimate of drug-likeness (QED) is 0.788. The van der Waals surface area contributed by atoms with Gasteiger partial charge in [-0.3, -0.25) is 10.3 Å². The number of nitrogens with zero attached hydrogens (tertiary/aromatic N) is 1. The summed E-state index contributed by atoms with van der Waals surface area (Å²) in [5, 5.41) is 8.82. The predicted molar refractivity (Wildman–Crippen MR) is 89.9 cm³/mol. The second-order valence-electron chi connectivity index (χ2n) is 5.71. The van der Waals surface area contributed by atoms with Gasteiger partial charge in [-0.1, -0.05) is 48.1 Å². The molecule has 1 aliphatic rings. The molecule has 5 heteroatoms. The summed E-state index contributed by atoms with van der Waals surface area (Å²) in [7, 11) is 0. The van der Waals surface area contributed by atoms with Crippen LogP contribution in [0.25, 0.3) is 0 Å². The number of amidine groups is 1. The Morgan fingerprint density at radius 3 is 2.91 bits per heavy atom. The van der Waals surface area contributed by atoms with Gasteiger partial charge < -0.3 is 5.11 Å². The van der Waals surface area contributed by atoms with Gasteiger partial charge >= 0.3 is 5.97 Å². The molecule has 1 aromatic rings. The summed E-state index contributed by atoms with van der Waals surface area (Å²) in [6.45, 7) is 5.65. The van der Waals surface area contributed by atoms with Crippen molar-refractivity contribution in [2.75, 3.05) is 0 Å². The lowest BCUT2D eigenvalue weighted by molar-refractivity contribution is -0.139. The van der Waals surface area contributed by atoms with Gasteiger partial charge in [0.2, 0.25) is 6.23 Å². The van der Waals surface area contributed by atoms with Crippen molar-refractivity contribution >= 4 is 11.8 Å². The number of carbonyl (C=O) groups is 1. The highest BCUT2D eigenvalue weighted by molar-refractivity contribution is 5.84. The molecule has 2 N–H and O–H groups in total. The first-order valence-corrected chi connectivity index (χ1v) is 7.58. The summed E-state index contributed by atoms with van der Waals surface area (Å²) in [5.74, 6) is -0.551. The Morgan fingerprint density at radius 1 is 1.48 bits per heavy atom. The standard InChI is InChI=1S/C18H22N2O3/c1-12(7-6-9-14(3)18(21)22)11-16-19-17(23-20-16)15-10-5-4-8-13(15)2/h4-10,14,17H,11H2,1-3H3,(H,19,20)(H,21,22)/b9-6-,12-7+. The third kappa shape index (κ3) is 4.79. The zero-order valence-corrected chi connectivity index (χ0v) is 13.6. The first-order chi connectivity index (χ1) is 11.0. The van der Waals surface area contributed by atoms with Crippen LogP contribution in [-0.4, -0.2) is 16.9 Å². The van der Waals surface area contributed by atoms with E-state index in [1.54, 1.807) is 19.1 Å². The third-order valence-electron chi connectivity index (χ3n) is 3.63. The van der Waals surface area contributed by atoms with Crippen LogP contribution in [0.3, 0.4) is 0 Å². The molecular formula is C18H22N2O3. The van der Waals surface area contributed by atoms with Crippen molar-refractivity contribution in [1.29, 1.82) is 0 Å². The van der Waals surface area contributed by atoms with Gasteiger partial charge in [0.25, 0.3) is 0 Å². The van der Waals surface area contributed by atoms with E-state index >= 15 is 0 Å². The molecule has 5 nitrogen and oxygen atoms in total. The number of benzene rings is 1. The summed E-state index contributed by atoms with van der Waals surface area (Å²) < 4.78 is 0. The van der Waals surface area contributed by atoms with Crippen LogP contribution in [0.4, 0.5) is 0 Å². The van der Waals surface area contributed by atoms with Gasteiger partial charge in [0.1, 0.15) is 5.84 Å². The summed E-state index contributed by atoms with van der Waals surface area (Å²) >= 11 is 0. The van der Waals surface area contributed by atoms with Crippen LogP contribution >= 0.6 is 0 Å². The van der Waals surface area contributed by atoms with Crippen LogP contribution in [0.15, 0.2) is 53.1 Å². The highest BCUT2D eigenvalue weighted by Gasteiger charge is 2.20. The highest BCUT2D eigenvalue weighted by Crippen LogP contribution is 2.25. The Morgan fingerprint density at radius 2 is 2.22 bits per heavy atom. The molecule has 0 amide bonds. The van der Waals surface area contributed by atoms with Gasteiger partial charge in [0.05, 0.1) is 5.92 Å². The minimum Gasteiger partial charge on any atom is -0.481 e. The van der Waals surface area contributed by atoms with E-state index in [9.17, 15) is 4.79 Å². The average Bonchev–Trinajstić information content (AvgIpc) is 2.95. The number of hydroxylamine groups is 1. The van der Waals surface area contributed by atoms with E-state index < -0.39 is 11.9 Å². The van der Waals surface area contributed by atoms with Gasteiger partial charge in [-0.2, -0.15) is 0 Å². The van der Waals surface area contributed by atoms with Gasteiger partial charge in [-0.25, -0.2) is 9.83 Å². The maximum atomic E-state index is 10.7. The fourth-order valence-electron chi connectivity index (χ4n) is 2.19. The second kappa shape index (κ2) is 7.74. The van der Waals surface area contributed by atoms with Crippen molar-refractivity contribution in [2.45, 2.75) is 33.4 Å². The molecule has 2 rings (SSSR count). The maximum Gasteiger partial charge on any atom is 0.310 e. The van der Waals surface area contributed by atoms with Crippen LogP contribution in [0.2, 0.25) is 0 Å². The lowest BCUT2D eigenvalue weighted by Gasteiger charge is -2.08.